The summed E-state index contributed by atoms with van der Waals surface area (Å²) in [5, 5.41) is 0.660. The van der Waals surface area contributed by atoms with E-state index in [1.54, 1.807) is 6.07 Å². The summed E-state index contributed by atoms with van der Waals surface area (Å²) in [4.78, 5) is 4.54. The van der Waals surface area contributed by atoms with Gasteiger partial charge in [-0.1, -0.05) is 31.0 Å². The van der Waals surface area contributed by atoms with Gasteiger partial charge in [-0.2, -0.15) is 0 Å². The van der Waals surface area contributed by atoms with E-state index in [2.05, 4.69) is 24.2 Å². The Morgan fingerprint density at radius 2 is 2.10 bits per heavy atom. The number of aryl methyl sites for hydroxylation is 2. The van der Waals surface area contributed by atoms with Crippen LogP contribution in [0.15, 0.2) is 42.7 Å². The predicted molar refractivity (Wildman–Crippen MR) is 85.5 cm³/mol. The number of imidazole rings is 1. The minimum Gasteiger partial charge on any atom is -0.453 e. The molecule has 0 aliphatic heterocycles. The number of halogens is 1. The highest BCUT2D eigenvalue weighted by atomic mass is 35.5. The highest BCUT2D eigenvalue weighted by molar-refractivity contribution is 6.30. The molecule has 0 N–H and O–H groups in total. The number of fused-ring (bicyclic) bond motifs is 1. The lowest BCUT2D eigenvalue weighted by Gasteiger charge is -2.09. The van der Waals surface area contributed by atoms with E-state index in [4.69, 9.17) is 16.3 Å². The number of benzene rings is 1. The summed E-state index contributed by atoms with van der Waals surface area (Å²) in [6.07, 6.45) is 6.23. The maximum atomic E-state index is 6.01. The van der Waals surface area contributed by atoms with Crippen molar-refractivity contribution in [3.8, 4) is 11.5 Å². The van der Waals surface area contributed by atoms with Gasteiger partial charge in [0, 0.05) is 17.4 Å². The molecule has 0 aliphatic rings. The van der Waals surface area contributed by atoms with Crippen LogP contribution in [0.25, 0.3) is 5.65 Å². The first kappa shape index (κ1) is 14.0. The van der Waals surface area contributed by atoms with Crippen molar-refractivity contribution in [1.29, 1.82) is 0 Å². The summed E-state index contributed by atoms with van der Waals surface area (Å²) < 4.78 is 8.03. The average Bonchev–Trinajstić information content (AvgIpc) is 2.80. The molecular weight excluding hydrogens is 284 g/mol. The topological polar surface area (TPSA) is 26.5 Å². The van der Waals surface area contributed by atoms with Crippen LogP contribution < -0.4 is 4.74 Å². The van der Waals surface area contributed by atoms with Gasteiger partial charge in [0.25, 0.3) is 0 Å². The number of hydrogen-bond acceptors (Lipinski definition) is 2. The number of pyridine rings is 1. The molecule has 0 atom stereocenters. The molecule has 4 heteroatoms. The van der Waals surface area contributed by atoms with Crippen molar-refractivity contribution in [3.05, 3.63) is 59.0 Å². The lowest BCUT2D eigenvalue weighted by molar-refractivity contribution is 0.484. The zero-order valence-electron chi connectivity index (χ0n) is 12.1. The Kier molecular flexibility index (Phi) is 3.84. The fourth-order valence-corrected chi connectivity index (χ4v) is 2.58. The van der Waals surface area contributed by atoms with Gasteiger partial charge >= 0.3 is 0 Å². The van der Waals surface area contributed by atoms with Crippen LogP contribution in [0.3, 0.4) is 0 Å². The first-order chi connectivity index (χ1) is 10.2. The van der Waals surface area contributed by atoms with Crippen molar-refractivity contribution < 1.29 is 4.74 Å². The van der Waals surface area contributed by atoms with Crippen molar-refractivity contribution in [2.24, 2.45) is 0 Å². The van der Waals surface area contributed by atoms with E-state index in [9.17, 15) is 0 Å². The van der Waals surface area contributed by atoms with Gasteiger partial charge in [0.2, 0.25) is 0 Å². The van der Waals surface area contributed by atoms with Crippen LogP contribution in [0.4, 0.5) is 0 Å². The van der Waals surface area contributed by atoms with E-state index < -0.39 is 0 Å². The van der Waals surface area contributed by atoms with E-state index in [0.717, 1.165) is 35.7 Å². The quantitative estimate of drug-likeness (QED) is 0.674. The fourth-order valence-electron chi connectivity index (χ4n) is 2.40. The zero-order chi connectivity index (χ0) is 14.8. The maximum Gasteiger partial charge on any atom is 0.180 e. The fraction of sp³-hybridized carbons (Fsp3) is 0.235. The Balaban J connectivity index is 2.06. The molecule has 0 aliphatic carbocycles. The minimum absolute atomic E-state index is 0.660. The van der Waals surface area contributed by atoms with Crippen LogP contribution in [0.2, 0.25) is 5.02 Å². The molecule has 21 heavy (non-hydrogen) atoms. The first-order valence-electron chi connectivity index (χ1n) is 7.07. The number of nitrogens with zero attached hydrogens (tertiary/aromatic N) is 2. The van der Waals surface area contributed by atoms with Gasteiger partial charge in [-0.05, 0) is 43.2 Å². The second kappa shape index (κ2) is 5.78. The van der Waals surface area contributed by atoms with Crippen molar-refractivity contribution in [2.75, 3.05) is 0 Å². The van der Waals surface area contributed by atoms with Gasteiger partial charge < -0.3 is 9.14 Å². The molecule has 1 aromatic carbocycles. The first-order valence-corrected chi connectivity index (χ1v) is 7.45. The number of hydrogen-bond donors (Lipinski definition) is 0. The third-order valence-corrected chi connectivity index (χ3v) is 3.49. The summed E-state index contributed by atoms with van der Waals surface area (Å²) in [5.74, 6) is 1.48. The third-order valence-electron chi connectivity index (χ3n) is 3.26. The summed E-state index contributed by atoms with van der Waals surface area (Å²) in [6.45, 7) is 4.15. The molecule has 0 radical (unpaired) electrons. The van der Waals surface area contributed by atoms with Crippen molar-refractivity contribution >= 4 is 17.2 Å². The van der Waals surface area contributed by atoms with Gasteiger partial charge in [0.15, 0.2) is 11.4 Å². The smallest absolute Gasteiger partial charge is 0.180 e. The van der Waals surface area contributed by atoms with Gasteiger partial charge in [0.05, 0.1) is 5.69 Å². The summed E-state index contributed by atoms with van der Waals surface area (Å²) >= 11 is 6.01. The van der Waals surface area contributed by atoms with Crippen molar-refractivity contribution in [2.45, 2.75) is 26.7 Å². The molecule has 0 bridgehead atoms. The molecule has 3 rings (SSSR count). The molecule has 0 amide bonds. The Morgan fingerprint density at radius 3 is 2.86 bits per heavy atom. The highest BCUT2D eigenvalue weighted by Crippen LogP contribution is 2.29. The SMILES string of the molecule is CCCc1cc(Oc2cccc(Cl)c2)c2nc(C)cn2c1. The van der Waals surface area contributed by atoms with Crippen molar-refractivity contribution in [3.63, 3.8) is 0 Å². The largest absolute Gasteiger partial charge is 0.453 e. The minimum atomic E-state index is 0.660. The standard InChI is InChI=1S/C17H17ClN2O/c1-3-5-13-8-16(17-19-12(2)10-20(17)11-13)21-15-7-4-6-14(18)9-15/h4,6-11H,3,5H2,1-2H3. The van der Waals surface area contributed by atoms with Gasteiger partial charge in [0.1, 0.15) is 5.75 Å². The molecule has 0 spiro atoms. The molecule has 0 saturated heterocycles. The van der Waals surface area contributed by atoms with Crippen LogP contribution in [0, 0.1) is 6.92 Å². The average molecular weight is 301 g/mol. The second-order valence-corrected chi connectivity index (χ2v) is 5.57. The Bertz CT molecular complexity index is 780. The van der Waals surface area contributed by atoms with E-state index in [0.29, 0.717) is 5.02 Å². The molecule has 2 heterocycles. The van der Waals surface area contributed by atoms with E-state index in [-0.39, 0.29) is 0 Å². The normalized spacial score (nSPS) is 11.0. The van der Waals surface area contributed by atoms with Crippen LogP contribution >= 0.6 is 11.6 Å². The second-order valence-electron chi connectivity index (χ2n) is 5.14. The van der Waals surface area contributed by atoms with Gasteiger partial charge in [-0.25, -0.2) is 4.98 Å². The maximum absolute atomic E-state index is 6.01. The van der Waals surface area contributed by atoms with Crippen LogP contribution in [0.5, 0.6) is 11.5 Å². The summed E-state index contributed by atoms with van der Waals surface area (Å²) in [5.41, 5.74) is 3.03. The van der Waals surface area contributed by atoms with E-state index >= 15 is 0 Å². The molecule has 3 nitrogen and oxygen atoms in total. The van der Waals surface area contributed by atoms with Crippen molar-refractivity contribution in [1.82, 2.24) is 9.38 Å². The lowest BCUT2D eigenvalue weighted by Crippen LogP contribution is -1.94. The monoisotopic (exact) mass is 300 g/mol. The summed E-state index contributed by atoms with van der Waals surface area (Å²) in [7, 11) is 0. The molecular formula is C17H17ClN2O. The summed E-state index contributed by atoms with van der Waals surface area (Å²) in [6, 6.07) is 9.47. The molecule has 2 aromatic heterocycles. The Hall–Kier alpha value is -2.00. The highest BCUT2D eigenvalue weighted by Gasteiger charge is 2.09. The predicted octanol–water partition coefficient (Wildman–Crippen LogP) is 5.04. The molecule has 108 valence electrons. The van der Waals surface area contributed by atoms with E-state index in [1.165, 1.54) is 5.56 Å². The molecule has 0 fully saturated rings. The molecule has 0 unspecified atom stereocenters. The zero-order valence-corrected chi connectivity index (χ0v) is 12.9. The number of rotatable bonds is 4. The van der Waals surface area contributed by atoms with Crippen LogP contribution in [-0.2, 0) is 6.42 Å². The third kappa shape index (κ3) is 3.03. The van der Waals surface area contributed by atoms with E-state index in [1.807, 2.05) is 35.7 Å². The Morgan fingerprint density at radius 1 is 1.24 bits per heavy atom. The van der Waals surface area contributed by atoms with Crippen LogP contribution in [-0.4, -0.2) is 9.38 Å². The molecule has 0 saturated carbocycles. The van der Waals surface area contributed by atoms with Crippen LogP contribution in [0.1, 0.15) is 24.6 Å². The van der Waals surface area contributed by atoms with Gasteiger partial charge in [-0.15, -0.1) is 0 Å². The number of aromatic nitrogens is 2. The Labute approximate surface area is 129 Å². The number of ether oxygens (including phenoxy) is 1. The van der Waals surface area contributed by atoms with Gasteiger partial charge in [-0.3, -0.25) is 0 Å². The lowest BCUT2D eigenvalue weighted by atomic mass is 10.1. The molecule has 3 aromatic rings.